The van der Waals surface area contributed by atoms with Crippen molar-refractivity contribution in [1.82, 2.24) is 19.9 Å². The van der Waals surface area contributed by atoms with E-state index in [2.05, 4.69) is 19.9 Å². The number of carbonyl (C=O) groups excluding carboxylic acids is 1. The summed E-state index contributed by atoms with van der Waals surface area (Å²) in [5, 5.41) is 3.12. The number of aryl methyl sites for hydroxylation is 2. The lowest BCUT2D eigenvalue weighted by Gasteiger charge is -2.24. The van der Waals surface area contributed by atoms with Crippen molar-refractivity contribution < 1.29 is 4.79 Å². The van der Waals surface area contributed by atoms with Gasteiger partial charge < -0.3 is 14.8 Å². The van der Waals surface area contributed by atoms with Gasteiger partial charge in [0.15, 0.2) is 0 Å². The van der Waals surface area contributed by atoms with Crippen LogP contribution in [0, 0.1) is 6.92 Å². The molecule has 1 amide bonds. The number of rotatable bonds is 3. The normalized spacial score (nSPS) is 17.0. The lowest BCUT2D eigenvalue weighted by molar-refractivity contribution is 0.0927. The van der Waals surface area contributed by atoms with Crippen LogP contribution in [0.3, 0.4) is 0 Å². The first-order chi connectivity index (χ1) is 10.5. The quantitative estimate of drug-likeness (QED) is 0.930. The molecule has 1 aliphatic rings. The van der Waals surface area contributed by atoms with Crippen LogP contribution in [0.5, 0.6) is 0 Å². The Morgan fingerprint density at radius 1 is 1.45 bits per heavy atom. The van der Waals surface area contributed by atoms with Crippen LogP contribution in [0.1, 0.15) is 28.3 Å². The molecule has 3 heterocycles. The topological polar surface area (TPSA) is 63.1 Å². The van der Waals surface area contributed by atoms with E-state index in [1.807, 2.05) is 38.2 Å². The predicted molar refractivity (Wildman–Crippen MR) is 85.1 cm³/mol. The fraction of sp³-hybridized carbons (Fsp3) is 0.438. The molecule has 0 aromatic carbocycles. The minimum atomic E-state index is -0.0456. The summed E-state index contributed by atoms with van der Waals surface area (Å²) >= 11 is 0. The molecule has 22 heavy (non-hydrogen) atoms. The zero-order valence-corrected chi connectivity index (χ0v) is 13.2. The zero-order chi connectivity index (χ0) is 15.7. The number of anilines is 1. The van der Waals surface area contributed by atoms with Crippen LogP contribution in [-0.4, -0.2) is 40.6 Å². The van der Waals surface area contributed by atoms with Crippen LogP contribution in [-0.2, 0) is 13.0 Å². The van der Waals surface area contributed by atoms with E-state index < -0.39 is 0 Å². The summed E-state index contributed by atoms with van der Waals surface area (Å²) in [5.74, 6) is 1.85. The van der Waals surface area contributed by atoms with Crippen molar-refractivity contribution in [2.75, 3.05) is 19.0 Å². The molecular formula is C16H21N5O. The summed E-state index contributed by atoms with van der Waals surface area (Å²) in [6, 6.07) is 3.70. The standard InChI is InChI=1S/C16H21N5O/c1-11-9-21-10-13(4-5-14(21)18-11)19-16(22)12-6-7-17-15(8-12)20(2)3/h6-9,13H,4-5,10H2,1-3H3,(H,19,22)/t13-/m0/s1. The smallest absolute Gasteiger partial charge is 0.251 e. The predicted octanol–water partition coefficient (Wildman–Crippen LogP) is 1.40. The minimum absolute atomic E-state index is 0.0456. The number of aromatic nitrogens is 3. The zero-order valence-electron chi connectivity index (χ0n) is 13.2. The molecular weight excluding hydrogens is 278 g/mol. The molecule has 3 rings (SSSR count). The Morgan fingerprint density at radius 3 is 3.05 bits per heavy atom. The first-order valence-electron chi connectivity index (χ1n) is 7.50. The Hall–Kier alpha value is -2.37. The number of nitrogens with zero attached hydrogens (tertiary/aromatic N) is 4. The van der Waals surface area contributed by atoms with Gasteiger partial charge in [-0.15, -0.1) is 0 Å². The van der Waals surface area contributed by atoms with Crippen molar-refractivity contribution in [3.05, 3.63) is 41.6 Å². The van der Waals surface area contributed by atoms with E-state index in [1.54, 1.807) is 12.3 Å². The SMILES string of the molecule is Cc1cn2c(n1)CC[C@H](NC(=O)c1ccnc(N(C)C)c1)C2. The second kappa shape index (κ2) is 5.79. The van der Waals surface area contributed by atoms with Crippen LogP contribution >= 0.6 is 0 Å². The Morgan fingerprint density at radius 2 is 2.27 bits per heavy atom. The van der Waals surface area contributed by atoms with Crippen molar-refractivity contribution >= 4 is 11.7 Å². The van der Waals surface area contributed by atoms with Crippen molar-refractivity contribution in [3.63, 3.8) is 0 Å². The number of nitrogens with one attached hydrogen (secondary N) is 1. The highest BCUT2D eigenvalue weighted by molar-refractivity contribution is 5.95. The summed E-state index contributed by atoms with van der Waals surface area (Å²) in [6.07, 6.45) is 5.54. The first-order valence-corrected chi connectivity index (χ1v) is 7.50. The van der Waals surface area contributed by atoms with Gasteiger partial charge in [0.25, 0.3) is 5.91 Å². The number of amides is 1. The van der Waals surface area contributed by atoms with Gasteiger partial charge in [0.05, 0.1) is 5.69 Å². The Labute approximate surface area is 130 Å². The maximum absolute atomic E-state index is 12.4. The van der Waals surface area contributed by atoms with Gasteiger partial charge in [-0.1, -0.05) is 0 Å². The van der Waals surface area contributed by atoms with Gasteiger partial charge in [-0.3, -0.25) is 4.79 Å². The fourth-order valence-corrected chi connectivity index (χ4v) is 2.78. The molecule has 0 fully saturated rings. The third kappa shape index (κ3) is 2.95. The van der Waals surface area contributed by atoms with E-state index in [-0.39, 0.29) is 11.9 Å². The summed E-state index contributed by atoms with van der Waals surface area (Å²) in [7, 11) is 3.82. The molecule has 6 heteroatoms. The molecule has 0 unspecified atom stereocenters. The number of hydrogen-bond donors (Lipinski definition) is 1. The van der Waals surface area contributed by atoms with Gasteiger partial charge >= 0.3 is 0 Å². The molecule has 0 radical (unpaired) electrons. The highest BCUT2D eigenvalue weighted by Gasteiger charge is 2.21. The molecule has 0 saturated carbocycles. The maximum Gasteiger partial charge on any atom is 0.251 e. The van der Waals surface area contributed by atoms with Crippen LogP contribution in [0.25, 0.3) is 0 Å². The third-order valence-electron chi connectivity index (χ3n) is 3.91. The summed E-state index contributed by atoms with van der Waals surface area (Å²) in [6.45, 7) is 2.78. The lowest BCUT2D eigenvalue weighted by atomic mass is 10.1. The minimum Gasteiger partial charge on any atom is -0.363 e. The van der Waals surface area contributed by atoms with E-state index in [9.17, 15) is 4.79 Å². The molecule has 0 aliphatic carbocycles. The van der Waals surface area contributed by atoms with Crippen LogP contribution in [0.15, 0.2) is 24.5 Å². The molecule has 2 aromatic heterocycles. The van der Waals surface area contributed by atoms with Gasteiger partial charge in [-0.2, -0.15) is 0 Å². The number of hydrogen-bond acceptors (Lipinski definition) is 4. The van der Waals surface area contributed by atoms with Gasteiger partial charge in [0.1, 0.15) is 11.6 Å². The molecule has 116 valence electrons. The van der Waals surface area contributed by atoms with Gasteiger partial charge in [0, 0.05) is 51.1 Å². The second-order valence-corrected chi connectivity index (χ2v) is 5.96. The fourth-order valence-electron chi connectivity index (χ4n) is 2.78. The highest BCUT2D eigenvalue weighted by atomic mass is 16.1. The van der Waals surface area contributed by atoms with Crippen molar-refractivity contribution in [2.24, 2.45) is 0 Å². The maximum atomic E-state index is 12.4. The van der Waals surface area contributed by atoms with E-state index >= 15 is 0 Å². The summed E-state index contributed by atoms with van der Waals surface area (Å²) in [5.41, 5.74) is 1.68. The van der Waals surface area contributed by atoms with E-state index in [0.717, 1.165) is 36.7 Å². The summed E-state index contributed by atoms with van der Waals surface area (Å²) < 4.78 is 2.14. The monoisotopic (exact) mass is 299 g/mol. The summed E-state index contributed by atoms with van der Waals surface area (Å²) in [4.78, 5) is 23.0. The molecule has 0 saturated heterocycles. The number of carbonyl (C=O) groups is 1. The van der Waals surface area contributed by atoms with Crippen molar-refractivity contribution in [1.29, 1.82) is 0 Å². The van der Waals surface area contributed by atoms with E-state index in [4.69, 9.17) is 0 Å². The average molecular weight is 299 g/mol. The molecule has 0 bridgehead atoms. The van der Waals surface area contributed by atoms with Crippen molar-refractivity contribution in [3.8, 4) is 0 Å². The van der Waals surface area contributed by atoms with Crippen LogP contribution in [0.2, 0.25) is 0 Å². The Balaban J connectivity index is 1.69. The first kappa shape index (κ1) is 14.6. The molecule has 6 nitrogen and oxygen atoms in total. The van der Waals surface area contributed by atoms with E-state index in [1.165, 1.54) is 0 Å². The van der Waals surface area contributed by atoms with E-state index in [0.29, 0.717) is 5.56 Å². The van der Waals surface area contributed by atoms with Gasteiger partial charge in [-0.05, 0) is 25.5 Å². The Kier molecular flexibility index (Phi) is 3.83. The highest BCUT2D eigenvalue weighted by Crippen LogP contribution is 2.16. The van der Waals surface area contributed by atoms with Gasteiger partial charge in [-0.25, -0.2) is 9.97 Å². The largest absolute Gasteiger partial charge is 0.363 e. The van der Waals surface area contributed by atoms with Crippen LogP contribution in [0.4, 0.5) is 5.82 Å². The third-order valence-corrected chi connectivity index (χ3v) is 3.91. The second-order valence-electron chi connectivity index (χ2n) is 5.96. The number of fused-ring (bicyclic) bond motifs is 1. The Bertz CT molecular complexity index is 692. The van der Waals surface area contributed by atoms with Gasteiger partial charge in [0.2, 0.25) is 0 Å². The molecule has 0 spiro atoms. The number of pyridine rings is 1. The van der Waals surface area contributed by atoms with Crippen LogP contribution < -0.4 is 10.2 Å². The van der Waals surface area contributed by atoms with Crippen molar-refractivity contribution in [2.45, 2.75) is 32.4 Å². The molecule has 1 aliphatic heterocycles. The number of imidazole rings is 1. The lowest BCUT2D eigenvalue weighted by Crippen LogP contribution is -2.40. The molecule has 1 N–H and O–H groups in total. The molecule has 1 atom stereocenters. The average Bonchev–Trinajstić information content (AvgIpc) is 2.86. The molecule has 2 aromatic rings.